The minimum atomic E-state index is -4.27. The molecule has 0 spiro atoms. The monoisotopic (exact) mass is 279 g/mol. The van der Waals surface area contributed by atoms with E-state index in [-0.39, 0.29) is 4.90 Å². The van der Waals surface area contributed by atoms with E-state index in [1.165, 1.54) is 19.1 Å². The van der Waals surface area contributed by atoms with E-state index in [2.05, 4.69) is 0 Å². The van der Waals surface area contributed by atoms with Crippen LogP contribution in [0.1, 0.15) is 12.5 Å². The molecule has 0 saturated heterocycles. The number of carbonyl (C=O) groups is 1. The van der Waals surface area contributed by atoms with E-state index in [9.17, 15) is 17.8 Å². The number of hydrogen-bond donors (Lipinski definition) is 1. The Kier molecular flexibility index (Phi) is 6.33. The molecule has 0 aliphatic rings. The highest BCUT2D eigenvalue weighted by atomic mass is 35.5. The number of aryl methyl sites for hydroxylation is 1. The van der Waals surface area contributed by atoms with Gasteiger partial charge in [-0.1, -0.05) is 17.7 Å². The first kappa shape index (κ1) is 16.1. The molecule has 1 atom stereocenters. The van der Waals surface area contributed by atoms with Gasteiger partial charge in [0.15, 0.2) is 0 Å². The van der Waals surface area contributed by atoms with Crippen LogP contribution in [0.25, 0.3) is 0 Å². The predicted octanol–water partition coefficient (Wildman–Crippen LogP) is 1.03. The van der Waals surface area contributed by atoms with Gasteiger partial charge >= 0.3 is 0 Å². The van der Waals surface area contributed by atoms with E-state index in [1.807, 2.05) is 6.92 Å². The molecule has 1 rings (SSSR count). The zero-order chi connectivity index (χ0) is 13.6. The lowest BCUT2D eigenvalue weighted by Gasteiger charge is -2.05. The predicted molar refractivity (Wildman–Crippen MR) is 61.7 cm³/mol. The molecule has 0 amide bonds. The van der Waals surface area contributed by atoms with Gasteiger partial charge in [-0.05, 0) is 37.6 Å². The van der Waals surface area contributed by atoms with Gasteiger partial charge in [0.25, 0.3) is 0 Å². The molecule has 0 aromatic heterocycles. The highest BCUT2D eigenvalue weighted by Gasteiger charge is 2.00. The Morgan fingerprint density at radius 2 is 1.71 bits per heavy atom. The zero-order valence-electron chi connectivity index (χ0n) is 9.25. The van der Waals surface area contributed by atoms with Gasteiger partial charge in [-0.2, -0.15) is 0 Å². The van der Waals surface area contributed by atoms with Crippen molar-refractivity contribution in [3.8, 4) is 0 Å². The molecule has 7 heteroatoms. The van der Waals surface area contributed by atoms with E-state index in [4.69, 9.17) is 16.7 Å². The number of hydrogen-bond acceptors (Lipinski definition) is 5. The van der Waals surface area contributed by atoms with Crippen molar-refractivity contribution in [2.24, 2.45) is 0 Å². The highest BCUT2D eigenvalue weighted by Crippen LogP contribution is 2.08. The van der Waals surface area contributed by atoms with Gasteiger partial charge in [-0.15, -0.1) is 0 Å². The Balaban J connectivity index is 0.000000366. The molecule has 1 aromatic carbocycles. The average molecular weight is 280 g/mol. The van der Waals surface area contributed by atoms with Crippen LogP contribution >= 0.6 is 11.6 Å². The van der Waals surface area contributed by atoms with E-state index in [0.717, 1.165) is 5.56 Å². The smallest absolute Gasteiger partial charge is 0.249 e. The Labute approximate surface area is 105 Å². The quantitative estimate of drug-likeness (QED) is 0.644. The Hall–Kier alpha value is -0.950. The number of carbonyl (C=O) groups excluding carboxylic acids is 1. The summed E-state index contributed by atoms with van der Waals surface area (Å²) >= 11 is 4.72. The summed E-state index contributed by atoms with van der Waals surface area (Å²) in [5.74, 6) is 0. The van der Waals surface area contributed by atoms with Crippen LogP contribution in [-0.2, 0) is 14.9 Å². The van der Waals surface area contributed by atoms with Crippen LogP contribution in [0.15, 0.2) is 29.2 Å². The van der Waals surface area contributed by atoms with Crippen molar-refractivity contribution in [3.63, 3.8) is 0 Å². The lowest BCUT2D eigenvalue weighted by Crippen LogP contribution is -2.07. The SMILES string of the molecule is CC(O)C(=O)Cl.Cc1ccc(S(=O)(=O)[O-])cc1. The number of aliphatic hydroxyl groups is 1. The molecule has 1 aromatic rings. The summed E-state index contributed by atoms with van der Waals surface area (Å²) in [7, 11) is -4.27. The molecular weight excluding hydrogens is 268 g/mol. The first-order chi connectivity index (χ1) is 7.64. The summed E-state index contributed by atoms with van der Waals surface area (Å²) in [6.45, 7) is 3.14. The van der Waals surface area contributed by atoms with E-state index in [1.54, 1.807) is 12.1 Å². The van der Waals surface area contributed by atoms with Crippen molar-refractivity contribution < 1.29 is 22.9 Å². The number of aliphatic hydroxyl groups excluding tert-OH is 1. The Morgan fingerprint density at radius 3 is 1.94 bits per heavy atom. The summed E-state index contributed by atoms with van der Waals surface area (Å²) in [6.07, 6.45) is -1.02. The van der Waals surface area contributed by atoms with E-state index < -0.39 is 21.5 Å². The highest BCUT2D eigenvalue weighted by molar-refractivity contribution is 7.85. The van der Waals surface area contributed by atoms with Crippen LogP contribution in [0.4, 0.5) is 0 Å². The van der Waals surface area contributed by atoms with Crippen molar-refractivity contribution in [1.29, 1.82) is 0 Å². The van der Waals surface area contributed by atoms with Crippen LogP contribution < -0.4 is 0 Å². The van der Waals surface area contributed by atoms with Gasteiger partial charge in [0.1, 0.15) is 16.2 Å². The van der Waals surface area contributed by atoms with Crippen molar-refractivity contribution in [1.82, 2.24) is 0 Å². The molecular formula is C10H12ClO5S-. The maximum absolute atomic E-state index is 10.4. The topological polar surface area (TPSA) is 94.5 Å². The van der Waals surface area contributed by atoms with Crippen molar-refractivity contribution >= 4 is 27.0 Å². The molecule has 0 radical (unpaired) electrons. The molecule has 96 valence electrons. The van der Waals surface area contributed by atoms with Crippen LogP contribution in [0.5, 0.6) is 0 Å². The molecule has 0 saturated carbocycles. The molecule has 0 fully saturated rings. The van der Waals surface area contributed by atoms with Crippen molar-refractivity contribution in [2.45, 2.75) is 24.8 Å². The fourth-order valence-electron chi connectivity index (χ4n) is 0.705. The fraction of sp³-hybridized carbons (Fsp3) is 0.300. The van der Waals surface area contributed by atoms with Gasteiger partial charge < -0.3 is 9.66 Å². The Bertz CT molecular complexity index is 464. The zero-order valence-corrected chi connectivity index (χ0v) is 10.8. The lowest BCUT2D eigenvalue weighted by atomic mass is 10.2. The second kappa shape index (κ2) is 6.70. The largest absolute Gasteiger partial charge is 0.744 e. The maximum atomic E-state index is 10.4. The molecule has 0 heterocycles. The molecule has 1 N–H and O–H groups in total. The third-order valence-electron chi connectivity index (χ3n) is 1.64. The fourth-order valence-corrected chi connectivity index (χ4v) is 1.17. The molecule has 0 aliphatic heterocycles. The summed E-state index contributed by atoms with van der Waals surface area (Å²) < 4.78 is 31.2. The molecule has 5 nitrogen and oxygen atoms in total. The van der Waals surface area contributed by atoms with Gasteiger partial charge in [-0.25, -0.2) is 8.42 Å². The third kappa shape index (κ3) is 7.06. The molecule has 0 aliphatic carbocycles. The molecule has 1 unspecified atom stereocenters. The summed E-state index contributed by atoms with van der Waals surface area (Å²) in [5.41, 5.74) is 0.928. The minimum Gasteiger partial charge on any atom is -0.744 e. The van der Waals surface area contributed by atoms with Crippen LogP contribution in [-0.4, -0.2) is 29.4 Å². The third-order valence-corrected chi connectivity index (χ3v) is 2.80. The normalized spacial score (nSPS) is 12.3. The van der Waals surface area contributed by atoms with Crippen LogP contribution in [0.2, 0.25) is 0 Å². The summed E-state index contributed by atoms with van der Waals surface area (Å²) in [4.78, 5) is 9.48. The molecule has 0 bridgehead atoms. The van der Waals surface area contributed by atoms with Gasteiger partial charge in [0.05, 0.1) is 4.90 Å². The summed E-state index contributed by atoms with van der Waals surface area (Å²) in [5, 5.41) is 7.44. The van der Waals surface area contributed by atoms with Crippen molar-refractivity contribution in [3.05, 3.63) is 29.8 Å². The lowest BCUT2D eigenvalue weighted by molar-refractivity contribution is -0.118. The van der Waals surface area contributed by atoms with Gasteiger partial charge in [0, 0.05) is 0 Å². The van der Waals surface area contributed by atoms with Gasteiger partial charge in [-0.3, -0.25) is 4.79 Å². The first-order valence-electron chi connectivity index (χ1n) is 4.54. The number of rotatable bonds is 2. The van der Waals surface area contributed by atoms with E-state index >= 15 is 0 Å². The standard InChI is InChI=1S/C7H8O3S.C3H5ClO2/c1-6-2-4-7(5-3-6)11(8,9)10;1-2(5)3(4)6/h2-5H,1H3,(H,8,9,10);2,5H,1H3/p-1. The second-order valence-electron chi connectivity index (χ2n) is 3.25. The van der Waals surface area contributed by atoms with Crippen LogP contribution in [0, 0.1) is 6.92 Å². The van der Waals surface area contributed by atoms with E-state index in [0.29, 0.717) is 0 Å². The average Bonchev–Trinajstić information content (AvgIpc) is 2.17. The number of benzene rings is 1. The molecule has 17 heavy (non-hydrogen) atoms. The van der Waals surface area contributed by atoms with Crippen LogP contribution in [0.3, 0.4) is 0 Å². The first-order valence-corrected chi connectivity index (χ1v) is 6.33. The van der Waals surface area contributed by atoms with Gasteiger partial charge in [0.2, 0.25) is 5.24 Å². The summed E-state index contributed by atoms with van der Waals surface area (Å²) in [6, 6.07) is 5.78. The maximum Gasteiger partial charge on any atom is 0.249 e. The number of halogens is 1. The van der Waals surface area contributed by atoms with Crippen molar-refractivity contribution in [2.75, 3.05) is 0 Å². The second-order valence-corrected chi connectivity index (χ2v) is 5.00. The minimum absolute atomic E-state index is 0.178. The Morgan fingerprint density at radius 1 is 1.35 bits per heavy atom.